The van der Waals surface area contributed by atoms with Crippen LogP contribution in [0.1, 0.15) is 55.1 Å². The smallest absolute Gasteiger partial charge is 0.134 e. The number of anilines is 1. The Kier molecular flexibility index (Phi) is 1.99. The minimum Gasteiger partial charge on any atom is -0.383 e. The first-order chi connectivity index (χ1) is 8.31. The average Bonchev–Trinajstić information content (AvgIpc) is 3.04. The Hall–Kier alpha value is -1.12. The van der Waals surface area contributed by atoms with Gasteiger partial charge in [0.05, 0.1) is 0 Å². The fourth-order valence-electron chi connectivity index (χ4n) is 4.21. The molecule has 0 aliphatic heterocycles. The van der Waals surface area contributed by atoms with Gasteiger partial charge in [-0.1, -0.05) is 6.42 Å². The molecular weight excluding hydrogens is 210 g/mol. The van der Waals surface area contributed by atoms with Crippen molar-refractivity contribution in [1.29, 1.82) is 0 Å². The molecule has 2 fully saturated rings. The lowest BCUT2D eigenvalue weighted by Gasteiger charge is -2.21. The molecule has 3 aliphatic carbocycles. The second-order valence-corrected chi connectivity index (χ2v) is 6.03. The van der Waals surface area contributed by atoms with Gasteiger partial charge in [0.1, 0.15) is 11.6 Å². The van der Waals surface area contributed by atoms with Crippen molar-refractivity contribution in [2.24, 2.45) is 11.8 Å². The average molecular weight is 229 g/mol. The monoisotopic (exact) mass is 229 g/mol. The molecule has 3 atom stereocenters. The third-order valence-electron chi connectivity index (χ3n) is 5.05. The van der Waals surface area contributed by atoms with Crippen LogP contribution in [0.3, 0.4) is 0 Å². The molecule has 4 rings (SSSR count). The van der Waals surface area contributed by atoms with Crippen LogP contribution in [0, 0.1) is 11.8 Å². The highest BCUT2D eigenvalue weighted by atomic mass is 15.0. The molecule has 3 heteroatoms. The van der Waals surface area contributed by atoms with Crippen LogP contribution in [0.4, 0.5) is 5.82 Å². The third-order valence-corrected chi connectivity index (χ3v) is 5.05. The number of hydrogen-bond acceptors (Lipinski definition) is 3. The minimum absolute atomic E-state index is 0.613. The lowest BCUT2D eigenvalue weighted by Crippen LogP contribution is -2.15. The molecule has 0 radical (unpaired) electrons. The maximum atomic E-state index is 6.09. The molecule has 1 heterocycles. The second-order valence-electron chi connectivity index (χ2n) is 6.03. The first-order valence-electron chi connectivity index (χ1n) is 6.96. The molecule has 2 N–H and O–H groups in total. The highest BCUT2D eigenvalue weighted by Crippen LogP contribution is 2.52. The summed E-state index contributed by atoms with van der Waals surface area (Å²) in [6, 6.07) is 0. The Bertz CT molecular complexity index is 469. The zero-order valence-electron chi connectivity index (χ0n) is 10.2. The number of fused-ring (bicyclic) bond motifs is 3. The van der Waals surface area contributed by atoms with Crippen LogP contribution in [0.15, 0.2) is 0 Å². The van der Waals surface area contributed by atoms with Crippen molar-refractivity contribution in [3.05, 3.63) is 17.1 Å². The van der Waals surface area contributed by atoms with Crippen molar-refractivity contribution in [2.45, 2.75) is 50.9 Å². The molecular formula is C14H19N3. The van der Waals surface area contributed by atoms with Crippen molar-refractivity contribution in [1.82, 2.24) is 9.97 Å². The number of aromatic nitrogens is 2. The van der Waals surface area contributed by atoms with E-state index in [9.17, 15) is 0 Å². The number of nitrogens with two attached hydrogens (primary N) is 1. The Morgan fingerprint density at radius 1 is 1.06 bits per heavy atom. The van der Waals surface area contributed by atoms with E-state index >= 15 is 0 Å². The summed E-state index contributed by atoms with van der Waals surface area (Å²) in [6.07, 6.45) is 8.92. The molecule has 1 aromatic rings. The highest BCUT2D eigenvalue weighted by Gasteiger charge is 2.42. The van der Waals surface area contributed by atoms with Crippen LogP contribution < -0.4 is 5.73 Å². The molecule has 0 saturated heterocycles. The SMILES string of the molecule is Nc1nc(C2CC3CCC2C3)nc2c1CCC2. The number of aryl methyl sites for hydroxylation is 1. The van der Waals surface area contributed by atoms with E-state index < -0.39 is 0 Å². The zero-order chi connectivity index (χ0) is 11.4. The van der Waals surface area contributed by atoms with Gasteiger partial charge in [0, 0.05) is 17.2 Å². The summed E-state index contributed by atoms with van der Waals surface area (Å²) in [5.41, 5.74) is 8.57. The standard InChI is InChI=1S/C14H19N3/c15-13-10-2-1-3-12(10)16-14(17-13)11-7-8-4-5-9(11)6-8/h8-9,11H,1-7H2,(H2,15,16,17). The molecule has 3 nitrogen and oxygen atoms in total. The summed E-state index contributed by atoms with van der Waals surface area (Å²) in [7, 11) is 0. The second kappa shape index (κ2) is 3.44. The van der Waals surface area contributed by atoms with Gasteiger partial charge >= 0.3 is 0 Å². The highest BCUT2D eigenvalue weighted by molar-refractivity contribution is 5.45. The van der Waals surface area contributed by atoms with Gasteiger partial charge in [-0.05, 0) is 50.4 Å². The van der Waals surface area contributed by atoms with E-state index in [0.29, 0.717) is 5.92 Å². The summed E-state index contributed by atoms with van der Waals surface area (Å²) in [6.45, 7) is 0. The van der Waals surface area contributed by atoms with E-state index in [2.05, 4.69) is 4.98 Å². The van der Waals surface area contributed by atoms with Crippen molar-refractivity contribution in [3.63, 3.8) is 0 Å². The van der Waals surface area contributed by atoms with Crippen LogP contribution >= 0.6 is 0 Å². The molecule has 3 aliphatic rings. The van der Waals surface area contributed by atoms with Crippen LogP contribution in [-0.2, 0) is 12.8 Å². The molecule has 2 saturated carbocycles. The predicted octanol–water partition coefficient (Wildman–Crippen LogP) is 2.45. The molecule has 0 amide bonds. The van der Waals surface area contributed by atoms with Crippen molar-refractivity contribution in [2.75, 3.05) is 5.73 Å². The number of rotatable bonds is 1. The first-order valence-corrected chi connectivity index (χ1v) is 6.96. The predicted molar refractivity (Wildman–Crippen MR) is 66.7 cm³/mol. The third kappa shape index (κ3) is 1.41. The summed E-state index contributed by atoms with van der Waals surface area (Å²) < 4.78 is 0. The molecule has 17 heavy (non-hydrogen) atoms. The molecule has 1 aromatic heterocycles. The summed E-state index contributed by atoms with van der Waals surface area (Å²) in [5.74, 6) is 4.24. The molecule has 0 spiro atoms. The van der Waals surface area contributed by atoms with E-state index in [1.165, 1.54) is 43.4 Å². The summed E-state index contributed by atoms with van der Waals surface area (Å²) >= 11 is 0. The van der Waals surface area contributed by atoms with Crippen LogP contribution in [0.25, 0.3) is 0 Å². The van der Waals surface area contributed by atoms with E-state index in [1.807, 2.05) is 0 Å². The maximum absolute atomic E-state index is 6.09. The van der Waals surface area contributed by atoms with Gasteiger partial charge < -0.3 is 5.73 Å². The van der Waals surface area contributed by atoms with Gasteiger partial charge in [-0.25, -0.2) is 9.97 Å². The van der Waals surface area contributed by atoms with E-state index in [-0.39, 0.29) is 0 Å². The van der Waals surface area contributed by atoms with Crippen molar-refractivity contribution >= 4 is 5.82 Å². The van der Waals surface area contributed by atoms with Crippen molar-refractivity contribution in [3.8, 4) is 0 Å². The van der Waals surface area contributed by atoms with Gasteiger partial charge in [0.2, 0.25) is 0 Å². The maximum Gasteiger partial charge on any atom is 0.134 e. The minimum atomic E-state index is 0.613. The largest absolute Gasteiger partial charge is 0.383 e. The van der Waals surface area contributed by atoms with Gasteiger partial charge in [-0.2, -0.15) is 0 Å². The van der Waals surface area contributed by atoms with Gasteiger partial charge in [-0.3, -0.25) is 0 Å². The van der Waals surface area contributed by atoms with Crippen LogP contribution in [0.2, 0.25) is 0 Å². The van der Waals surface area contributed by atoms with Gasteiger partial charge in [0.15, 0.2) is 0 Å². The Morgan fingerprint density at radius 2 is 2.00 bits per heavy atom. The quantitative estimate of drug-likeness (QED) is 0.804. The van der Waals surface area contributed by atoms with E-state index in [4.69, 9.17) is 10.7 Å². The van der Waals surface area contributed by atoms with Crippen molar-refractivity contribution < 1.29 is 0 Å². The fraction of sp³-hybridized carbons (Fsp3) is 0.714. The first kappa shape index (κ1) is 9.86. The van der Waals surface area contributed by atoms with Crippen LogP contribution in [-0.4, -0.2) is 9.97 Å². The number of nitrogens with zero attached hydrogens (tertiary/aromatic N) is 2. The lowest BCUT2D eigenvalue weighted by atomic mass is 9.88. The Labute approximate surface area is 102 Å². The van der Waals surface area contributed by atoms with E-state index in [0.717, 1.165) is 36.3 Å². The summed E-state index contributed by atoms with van der Waals surface area (Å²) in [4.78, 5) is 9.44. The van der Waals surface area contributed by atoms with Gasteiger partial charge in [-0.15, -0.1) is 0 Å². The van der Waals surface area contributed by atoms with Crippen LogP contribution in [0.5, 0.6) is 0 Å². The molecule has 0 aromatic carbocycles. The number of nitrogen functional groups attached to an aromatic ring is 1. The normalized spacial score (nSPS) is 34.2. The number of hydrogen-bond donors (Lipinski definition) is 1. The Balaban J connectivity index is 1.73. The van der Waals surface area contributed by atoms with Gasteiger partial charge in [0.25, 0.3) is 0 Å². The molecule has 90 valence electrons. The topological polar surface area (TPSA) is 51.8 Å². The molecule has 2 bridgehead atoms. The fourth-order valence-corrected chi connectivity index (χ4v) is 4.21. The molecule has 3 unspecified atom stereocenters. The summed E-state index contributed by atoms with van der Waals surface area (Å²) in [5, 5.41) is 0. The Morgan fingerprint density at radius 3 is 2.76 bits per heavy atom. The lowest BCUT2D eigenvalue weighted by molar-refractivity contribution is 0.405. The van der Waals surface area contributed by atoms with E-state index in [1.54, 1.807) is 0 Å². The zero-order valence-corrected chi connectivity index (χ0v) is 10.2.